The molecule has 2 heterocycles. The number of carbonyl (C=O) groups is 2. The van der Waals surface area contributed by atoms with Gasteiger partial charge in [-0.2, -0.15) is 0 Å². The first-order valence-electron chi connectivity index (χ1n) is 9.76. The van der Waals surface area contributed by atoms with Gasteiger partial charge in [-0.3, -0.25) is 24.3 Å². The van der Waals surface area contributed by atoms with Gasteiger partial charge in [-0.25, -0.2) is 0 Å². The summed E-state index contributed by atoms with van der Waals surface area (Å²) in [6.07, 6.45) is 0. The van der Waals surface area contributed by atoms with E-state index in [9.17, 15) is 9.59 Å². The van der Waals surface area contributed by atoms with Gasteiger partial charge in [-0.05, 0) is 37.4 Å². The highest BCUT2D eigenvalue weighted by atomic mass is 35.5. The Morgan fingerprint density at radius 3 is 2.39 bits per heavy atom. The highest BCUT2D eigenvalue weighted by molar-refractivity contribution is 8.27. The van der Waals surface area contributed by atoms with Crippen LogP contribution < -0.4 is 9.80 Å². The van der Waals surface area contributed by atoms with E-state index in [1.54, 1.807) is 23.1 Å². The van der Waals surface area contributed by atoms with Crippen molar-refractivity contribution in [2.45, 2.75) is 13.8 Å². The maximum absolute atomic E-state index is 13.5. The van der Waals surface area contributed by atoms with Crippen LogP contribution in [0, 0.1) is 0 Å². The van der Waals surface area contributed by atoms with E-state index in [1.807, 2.05) is 24.3 Å². The lowest BCUT2D eigenvalue weighted by atomic mass is 10.1. The highest BCUT2D eigenvalue weighted by Gasteiger charge is 2.42. The summed E-state index contributed by atoms with van der Waals surface area (Å²) < 4.78 is 0.346. The SMILES string of the molecule is CCN(CC)CN1C(=O)C(=C2SC(=S)N(c3ccc(Cl)c(Cl)c3)C2=O)c2ccccc21. The first-order valence-corrected chi connectivity index (χ1v) is 11.7. The zero-order valence-corrected chi connectivity index (χ0v) is 20.0. The number of thioether (sulfide) groups is 1. The maximum atomic E-state index is 13.5. The van der Waals surface area contributed by atoms with Gasteiger partial charge in [0.2, 0.25) is 0 Å². The van der Waals surface area contributed by atoms with Crippen LogP contribution in [-0.2, 0) is 9.59 Å². The van der Waals surface area contributed by atoms with Crippen molar-refractivity contribution < 1.29 is 9.59 Å². The van der Waals surface area contributed by atoms with Crippen LogP contribution in [0.2, 0.25) is 10.0 Å². The molecule has 0 spiro atoms. The topological polar surface area (TPSA) is 43.9 Å². The fraction of sp³-hybridized carbons (Fsp3) is 0.227. The second-order valence-corrected chi connectivity index (χ2v) is 9.46. The number of thiocarbonyl (C=S) groups is 1. The molecule has 0 N–H and O–H groups in total. The first kappa shape index (κ1) is 22.3. The minimum absolute atomic E-state index is 0.192. The van der Waals surface area contributed by atoms with Crippen molar-refractivity contribution in [3.8, 4) is 0 Å². The molecular formula is C22H19Cl2N3O2S2. The summed E-state index contributed by atoms with van der Waals surface area (Å²) in [6.45, 7) is 6.20. The smallest absolute Gasteiger partial charge is 0.271 e. The molecule has 2 aromatic rings. The van der Waals surface area contributed by atoms with Crippen LogP contribution in [0.3, 0.4) is 0 Å². The lowest BCUT2D eigenvalue weighted by Crippen LogP contribution is -2.39. The number of halogens is 2. The van der Waals surface area contributed by atoms with Crippen LogP contribution in [0.1, 0.15) is 19.4 Å². The third-order valence-electron chi connectivity index (χ3n) is 5.32. The fourth-order valence-corrected chi connectivity index (χ4v) is 5.29. The predicted molar refractivity (Wildman–Crippen MR) is 133 cm³/mol. The van der Waals surface area contributed by atoms with E-state index in [4.69, 9.17) is 35.4 Å². The first-order chi connectivity index (χ1) is 14.9. The van der Waals surface area contributed by atoms with Crippen molar-refractivity contribution >= 4 is 80.3 Å². The minimum Gasteiger partial charge on any atom is -0.294 e. The summed E-state index contributed by atoms with van der Waals surface area (Å²) in [6, 6.07) is 12.4. The number of carbonyl (C=O) groups excluding carboxylic acids is 2. The highest BCUT2D eigenvalue weighted by Crippen LogP contribution is 2.46. The van der Waals surface area contributed by atoms with Crippen molar-refractivity contribution in [3.05, 3.63) is 63.0 Å². The summed E-state index contributed by atoms with van der Waals surface area (Å²) in [7, 11) is 0. The average Bonchev–Trinajstić information content (AvgIpc) is 3.20. The van der Waals surface area contributed by atoms with Crippen molar-refractivity contribution in [2.75, 3.05) is 29.6 Å². The minimum atomic E-state index is -0.337. The fourth-order valence-electron chi connectivity index (χ4n) is 3.63. The second kappa shape index (κ2) is 8.92. The third kappa shape index (κ3) is 3.90. The predicted octanol–water partition coefficient (Wildman–Crippen LogP) is 5.42. The molecule has 0 aliphatic carbocycles. The van der Waals surface area contributed by atoms with E-state index in [0.717, 1.165) is 36.1 Å². The number of para-hydroxylation sites is 1. The summed E-state index contributed by atoms with van der Waals surface area (Å²) in [5.74, 6) is -0.529. The van der Waals surface area contributed by atoms with Gasteiger partial charge in [-0.1, -0.05) is 79.2 Å². The zero-order chi connectivity index (χ0) is 22.3. The van der Waals surface area contributed by atoms with Crippen LogP contribution in [0.5, 0.6) is 0 Å². The quantitative estimate of drug-likeness (QED) is 0.412. The van der Waals surface area contributed by atoms with Gasteiger partial charge in [0.25, 0.3) is 11.8 Å². The molecule has 31 heavy (non-hydrogen) atoms. The molecule has 0 unspecified atom stereocenters. The van der Waals surface area contributed by atoms with Gasteiger partial charge >= 0.3 is 0 Å². The molecule has 1 fully saturated rings. The Bertz CT molecular complexity index is 1130. The number of nitrogens with zero attached hydrogens (tertiary/aromatic N) is 3. The van der Waals surface area contributed by atoms with Crippen LogP contribution in [0.15, 0.2) is 47.4 Å². The second-order valence-electron chi connectivity index (χ2n) is 7.01. The number of benzene rings is 2. The molecule has 2 aliphatic rings. The third-order valence-corrected chi connectivity index (χ3v) is 7.43. The van der Waals surface area contributed by atoms with Gasteiger partial charge in [0.05, 0.1) is 38.6 Å². The van der Waals surface area contributed by atoms with E-state index < -0.39 is 0 Å². The van der Waals surface area contributed by atoms with Crippen molar-refractivity contribution in [2.24, 2.45) is 0 Å². The summed E-state index contributed by atoms with van der Waals surface area (Å²) in [4.78, 5) is 32.5. The number of hydrogen-bond acceptors (Lipinski definition) is 5. The Balaban J connectivity index is 1.78. The lowest BCUT2D eigenvalue weighted by Gasteiger charge is -2.25. The molecule has 0 bridgehead atoms. The van der Waals surface area contributed by atoms with Crippen molar-refractivity contribution in [3.63, 3.8) is 0 Å². The van der Waals surface area contributed by atoms with E-state index >= 15 is 0 Å². The van der Waals surface area contributed by atoms with E-state index in [1.165, 1.54) is 4.90 Å². The number of amides is 2. The van der Waals surface area contributed by atoms with Gasteiger partial charge < -0.3 is 0 Å². The van der Waals surface area contributed by atoms with Gasteiger partial charge in [0, 0.05) is 5.56 Å². The molecule has 0 radical (unpaired) electrons. The van der Waals surface area contributed by atoms with E-state index in [2.05, 4.69) is 18.7 Å². The van der Waals surface area contributed by atoms with E-state index in [0.29, 0.717) is 37.2 Å². The monoisotopic (exact) mass is 491 g/mol. The number of fused-ring (bicyclic) bond motifs is 1. The Labute approximate surface area is 200 Å². The number of hydrogen-bond donors (Lipinski definition) is 0. The molecule has 5 nitrogen and oxygen atoms in total. The zero-order valence-electron chi connectivity index (χ0n) is 16.9. The molecule has 1 saturated heterocycles. The molecule has 2 aromatic carbocycles. The molecular weight excluding hydrogens is 473 g/mol. The summed E-state index contributed by atoms with van der Waals surface area (Å²) >= 11 is 18.8. The Morgan fingerprint density at radius 1 is 1.00 bits per heavy atom. The largest absolute Gasteiger partial charge is 0.294 e. The molecule has 2 amide bonds. The molecule has 0 aromatic heterocycles. The van der Waals surface area contributed by atoms with Crippen molar-refractivity contribution in [1.82, 2.24) is 4.90 Å². The van der Waals surface area contributed by atoms with Crippen LogP contribution in [-0.4, -0.2) is 40.8 Å². The Kier molecular flexibility index (Phi) is 6.42. The van der Waals surface area contributed by atoms with Gasteiger partial charge in [-0.15, -0.1) is 0 Å². The molecule has 2 aliphatic heterocycles. The van der Waals surface area contributed by atoms with Gasteiger partial charge in [0.15, 0.2) is 4.32 Å². The molecule has 0 atom stereocenters. The van der Waals surface area contributed by atoms with Crippen LogP contribution in [0.4, 0.5) is 11.4 Å². The van der Waals surface area contributed by atoms with E-state index in [-0.39, 0.29) is 11.8 Å². The molecule has 0 saturated carbocycles. The normalized spacial score (nSPS) is 18.5. The van der Waals surface area contributed by atoms with Crippen LogP contribution in [0.25, 0.3) is 5.57 Å². The molecule has 9 heteroatoms. The molecule has 4 rings (SSSR count). The maximum Gasteiger partial charge on any atom is 0.271 e. The summed E-state index contributed by atoms with van der Waals surface area (Å²) in [5, 5.41) is 0.717. The average molecular weight is 492 g/mol. The standard InChI is InChI=1S/C22H19Cl2N3O2S2/c1-3-25(4-2)12-26-17-8-6-5-7-14(17)18(20(26)28)19-21(29)27(22(30)31-19)13-9-10-15(23)16(24)11-13/h5-11H,3-4,12H2,1-2H3. The summed E-state index contributed by atoms with van der Waals surface area (Å²) in [5.41, 5.74) is 2.46. The number of anilines is 2. The lowest BCUT2D eigenvalue weighted by molar-refractivity contribution is -0.115. The van der Waals surface area contributed by atoms with Crippen molar-refractivity contribution in [1.29, 1.82) is 0 Å². The number of rotatable bonds is 5. The molecule has 160 valence electrons. The van der Waals surface area contributed by atoms with Crippen LogP contribution >= 0.6 is 47.2 Å². The van der Waals surface area contributed by atoms with Gasteiger partial charge in [0.1, 0.15) is 0 Å². The Morgan fingerprint density at radius 2 is 1.71 bits per heavy atom. The Hall–Kier alpha value is -1.90.